The van der Waals surface area contributed by atoms with Crippen LogP contribution in [0, 0.1) is 13.8 Å². The summed E-state index contributed by atoms with van der Waals surface area (Å²) in [5.74, 6) is -0.0489. The predicted octanol–water partition coefficient (Wildman–Crippen LogP) is 4.76. The van der Waals surface area contributed by atoms with Gasteiger partial charge in [-0.05, 0) is 82.0 Å². The quantitative estimate of drug-likeness (QED) is 0.536. The fourth-order valence-electron chi connectivity index (χ4n) is 3.77. The number of rotatable bonds is 9. The number of methoxy groups -OCH3 is 1. The number of anilines is 1. The van der Waals surface area contributed by atoms with Crippen molar-refractivity contribution in [3.63, 3.8) is 0 Å². The van der Waals surface area contributed by atoms with E-state index in [1.165, 1.54) is 4.90 Å². The Morgan fingerprint density at radius 2 is 1.60 bits per heavy atom. The van der Waals surface area contributed by atoms with Gasteiger partial charge in [0.2, 0.25) is 5.91 Å². The van der Waals surface area contributed by atoms with Gasteiger partial charge in [0.1, 0.15) is 23.9 Å². The number of nitrogens with one attached hydrogen (secondary N) is 2. The molecule has 0 aliphatic heterocycles. The maximum Gasteiger partial charge on any atom is 0.408 e. The van der Waals surface area contributed by atoms with E-state index < -0.39 is 17.7 Å². The molecule has 2 aromatic carbocycles. The van der Waals surface area contributed by atoms with Crippen LogP contribution in [0.15, 0.2) is 42.5 Å². The minimum absolute atomic E-state index is 0.286. The summed E-state index contributed by atoms with van der Waals surface area (Å²) in [5, 5.41) is 5.45. The molecule has 2 N–H and O–H groups in total. The Kier molecular flexibility index (Phi) is 9.68. The number of ether oxygens (including phenoxy) is 2. The van der Waals surface area contributed by atoms with Gasteiger partial charge in [-0.15, -0.1) is 0 Å². The molecule has 8 nitrogen and oxygen atoms in total. The second kappa shape index (κ2) is 12.2. The minimum atomic E-state index is -0.883. The summed E-state index contributed by atoms with van der Waals surface area (Å²) in [6, 6.07) is 11.9. The molecule has 0 fully saturated rings. The van der Waals surface area contributed by atoms with E-state index in [4.69, 9.17) is 9.47 Å². The van der Waals surface area contributed by atoms with E-state index >= 15 is 0 Å². The molecule has 0 radical (unpaired) electrons. The Morgan fingerprint density at radius 3 is 2.11 bits per heavy atom. The molecule has 1 unspecified atom stereocenters. The van der Waals surface area contributed by atoms with Crippen LogP contribution >= 0.6 is 0 Å². The Hall–Kier alpha value is -3.55. The standard InChI is InChI=1S/C27H37N3O5/c1-8-16-30(22(31)17-28-26(33)35-27(4,5)6)24(23-18(2)10-9-11-19(23)3)25(32)29-20-12-14-21(34-7)15-13-20/h9-15,24H,8,16-17H2,1-7H3,(H,28,33)(H,29,32). The van der Waals surface area contributed by atoms with Crippen molar-refractivity contribution >= 4 is 23.6 Å². The van der Waals surface area contributed by atoms with Crippen LogP contribution in [0.25, 0.3) is 0 Å². The van der Waals surface area contributed by atoms with Crippen LogP contribution in [0.2, 0.25) is 0 Å². The van der Waals surface area contributed by atoms with Gasteiger partial charge in [0, 0.05) is 12.2 Å². The third-order valence-electron chi connectivity index (χ3n) is 5.30. The molecule has 2 rings (SSSR count). The highest BCUT2D eigenvalue weighted by molar-refractivity contribution is 5.98. The SMILES string of the molecule is CCCN(C(=O)CNC(=O)OC(C)(C)C)C(C(=O)Nc1ccc(OC)cc1)c1c(C)cccc1C. The molecule has 3 amide bonds. The van der Waals surface area contributed by atoms with Gasteiger partial charge in [-0.25, -0.2) is 4.79 Å². The van der Waals surface area contributed by atoms with E-state index in [1.54, 1.807) is 52.1 Å². The zero-order chi connectivity index (χ0) is 26.2. The van der Waals surface area contributed by atoms with Crippen molar-refractivity contribution < 1.29 is 23.9 Å². The zero-order valence-electron chi connectivity index (χ0n) is 21.7. The van der Waals surface area contributed by atoms with Crippen LogP contribution in [-0.2, 0) is 14.3 Å². The number of carbonyl (C=O) groups excluding carboxylic acids is 3. The molecule has 0 bridgehead atoms. The third-order valence-corrected chi connectivity index (χ3v) is 5.30. The minimum Gasteiger partial charge on any atom is -0.497 e. The molecule has 0 saturated heterocycles. The number of benzene rings is 2. The topological polar surface area (TPSA) is 97.0 Å². The summed E-state index contributed by atoms with van der Waals surface area (Å²) in [7, 11) is 1.57. The molecule has 190 valence electrons. The van der Waals surface area contributed by atoms with Crippen LogP contribution < -0.4 is 15.4 Å². The van der Waals surface area contributed by atoms with Crippen molar-refractivity contribution in [2.24, 2.45) is 0 Å². The van der Waals surface area contributed by atoms with Crippen molar-refractivity contribution in [3.8, 4) is 5.75 Å². The molecular weight excluding hydrogens is 446 g/mol. The second-order valence-electron chi connectivity index (χ2n) is 9.37. The number of nitrogens with zero attached hydrogens (tertiary/aromatic N) is 1. The van der Waals surface area contributed by atoms with Gasteiger partial charge < -0.3 is 25.0 Å². The average Bonchev–Trinajstić information content (AvgIpc) is 2.78. The van der Waals surface area contributed by atoms with Gasteiger partial charge in [0.25, 0.3) is 5.91 Å². The lowest BCUT2D eigenvalue weighted by Crippen LogP contribution is -2.47. The van der Waals surface area contributed by atoms with Crippen LogP contribution in [0.1, 0.15) is 56.8 Å². The first kappa shape index (κ1) is 27.7. The highest BCUT2D eigenvalue weighted by Gasteiger charge is 2.33. The van der Waals surface area contributed by atoms with Crippen LogP contribution in [0.4, 0.5) is 10.5 Å². The summed E-state index contributed by atoms with van der Waals surface area (Å²) in [6.07, 6.45) is -0.0521. The lowest BCUT2D eigenvalue weighted by molar-refractivity contribution is -0.138. The van der Waals surface area contributed by atoms with Gasteiger partial charge in [0.05, 0.1) is 7.11 Å². The molecule has 0 heterocycles. The van der Waals surface area contributed by atoms with Crippen LogP contribution in [0.5, 0.6) is 5.75 Å². The molecule has 0 spiro atoms. The molecule has 2 aromatic rings. The van der Waals surface area contributed by atoms with E-state index in [9.17, 15) is 14.4 Å². The van der Waals surface area contributed by atoms with Gasteiger partial charge in [-0.1, -0.05) is 25.1 Å². The van der Waals surface area contributed by atoms with E-state index in [-0.39, 0.29) is 18.4 Å². The molecule has 35 heavy (non-hydrogen) atoms. The smallest absolute Gasteiger partial charge is 0.408 e. The number of hydrogen-bond donors (Lipinski definition) is 2. The fraction of sp³-hybridized carbons (Fsp3) is 0.444. The largest absolute Gasteiger partial charge is 0.497 e. The van der Waals surface area contributed by atoms with E-state index in [2.05, 4.69) is 10.6 Å². The lowest BCUT2D eigenvalue weighted by atomic mass is 9.94. The first-order chi connectivity index (χ1) is 16.5. The summed E-state index contributed by atoms with van der Waals surface area (Å²) in [4.78, 5) is 40.7. The van der Waals surface area contributed by atoms with Crippen molar-refractivity contribution in [1.82, 2.24) is 10.2 Å². The first-order valence-corrected chi connectivity index (χ1v) is 11.7. The Balaban J connectivity index is 2.38. The van der Waals surface area contributed by atoms with E-state index in [0.29, 0.717) is 24.4 Å². The van der Waals surface area contributed by atoms with Crippen molar-refractivity contribution in [3.05, 3.63) is 59.2 Å². The summed E-state index contributed by atoms with van der Waals surface area (Å²) >= 11 is 0. The van der Waals surface area contributed by atoms with Gasteiger partial charge >= 0.3 is 6.09 Å². The van der Waals surface area contributed by atoms with E-state index in [1.807, 2.05) is 39.0 Å². The van der Waals surface area contributed by atoms with Gasteiger partial charge in [0.15, 0.2) is 0 Å². The monoisotopic (exact) mass is 483 g/mol. The van der Waals surface area contributed by atoms with Crippen molar-refractivity contribution in [1.29, 1.82) is 0 Å². The number of hydrogen-bond acceptors (Lipinski definition) is 5. The second-order valence-corrected chi connectivity index (χ2v) is 9.37. The summed E-state index contributed by atoms with van der Waals surface area (Å²) in [5.41, 5.74) is 2.46. The maximum absolute atomic E-state index is 13.7. The number of carbonyl (C=O) groups is 3. The average molecular weight is 484 g/mol. The highest BCUT2D eigenvalue weighted by atomic mass is 16.6. The molecule has 0 saturated carbocycles. The Morgan fingerprint density at radius 1 is 1.00 bits per heavy atom. The van der Waals surface area contributed by atoms with Crippen LogP contribution in [-0.4, -0.2) is 48.6 Å². The zero-order valence-corrected chi connectivity index (χ0v) is 21.7. The molecule has 0 aromatic heterocycles. The fourth-order valence-corrected chi connectivity index (χ4v) is 3.77. The number of amides is 3. The Bertz CT molecular complexity index is 1010. The van der Waals surface area contributed by atoms with Gasteiger partial charge in [-0.3, -0.25) is 9.59 Å². The third kappa shape index (κ3) is 8.02. The molecule has 1 atom stereocenters. The first-order valence-electron chi connectivity index (χ1n) is 11.7. The van der Waals surface area contributed by atoms with E-state index in [0.717, 1.165) is 16.7 Å². The molecule has 0 aliphatic rings. The summed E-state index contributed by atoms with van der Waals surface area (Å²) < 4.78 is 10.4. The lowest BCUT2D eigenvalue weighted by Gasteiger charge is -2.33. The van der Waals surface area contributed by atoms with Gasteiger partial charge in [-0.2, -0.15) is 0 Å². The normalized spacial score (nSPS) is 11.9. The maximum atomic E-state index is 13.7. The predicted molar refractivity (Wildman–Crippen MR) is 137 cm³/mol. The number of aryl methyl sites for hydroxylation is 2. The molecule has 8 heteroatoms. The Labute approximate surface area is 208 Å². The number of alkyl carbamates (subject to hydrolysis) is 1. The summed E-state index contributed by atoms with van der Waals surface area (Å²) in [6.45, 7) is 11.1. The van der Waals surface area contributed by atoms with Crippen molar-refractivity contribution in [2.75, 3.05) is 25.5 Å². The highest BCUT2D eigenvalue weighted by Crippen LogP contribution is 2.29. The van der Waals surface area contributed by atoms with Crippen molar-refractivity contribution in [2.45, 2.75) is 59.6 Å². The molecule has 0 aliphatic carbocycles. The van der Waals surface area contributed by atoms with Crippen LogP contribution in [0.3, 0.4) is 0 Å². The molecular formula is C27H37N3O5.